The predicted molar refractivity (Wildman–Crippen MR) is 68.4 cm³/mol. The van der Waals surface area contributed by atoms with E-state index >= 15 is 0 Å². The fourth-order valence-corrected chi connectivity index (χ4v) is 2.18. The van der Waals surface area contributed by atoms with E-state index in [9.17, 15) is 14.4 Å². The number of piperidine rings is 1. The lowest BCUT2D eigenvalue weighted by Gasteiger charge is -2.34. The van der Waals surface area contributed by atoms with Crippen molar-refractivity contribution in [2.75, 3.05) is 13.1 Å². The topological polar surface area (TPSA) is 113 Å². The largest absolute Gasteiger partial charge is 0.481 e. The minimum atomic E-state index is -0.811. The van der Waals surface area contributed by atoms with Gasteiger partial charge in [0.05, 0.1) is 5.92 Å². The number of nitrogens with two attached hydrogens (primary N) is 1. The number of urea groups is 1. The number of aliphatic carboxylic acids is 1. The molecule has 0 saturated carbocycles. The summed E-state index contributed by atoms with van der Waals surface area (Å²) in [6.07, 6.45) is 0.975. The zero-order valence-electron chi connectivity index (χ0n) is 11.3. The van der Waals surface area contributed by atoms with Crippen molar-refractivity contribution in [2.24, 2.45) is 11.7 Å². The molecule has 7 heteroatoms. The van der Waals surface area contributed by atoms with Crippen molar-refractivity contribution in [3.8, 4) is 0 Å². The quantitative estimate of drug-likeness (QED) is 0.675. The van der Waals surface area contributed by atoms with Crippen LogP contribution in [-0.4, -0.2) is 46.5 Å². The Kier molecular flexibility index (Phi) is 4.74. The summed E-state index contributed by atoms with van der Waals surface area (Å²) in [7, 11) is 0. The van der Waals surface area contributed by atoms with Crippen LogP contribution in [0, 0.1) is 5.92 Å². The first-order chi connectivity index (χ1) is 8.71. The van der Waals surface area contributed by atoms with Gasteiger partial charge in [-0.3, -0.25) is 9.59 Å². The standard InChI is InChI=1S/C12H21N3O4/c1-12(2,7-9(13)16)14-11(19)15-5-3-8(4-6-15)10(17)18/h8H,3-7H2,1-2H3,(H2,13,16)(H,14,19)(H,17,18). The molecule has 4 N–H and O–H groups in total. The Morgan fingerprint density at radius 1 is 1.32 bits per heavy atom. The van der Waals surface area contributed by atoms with Crippen LogP contribution in [0.1, 0.15) is 33.1 Å². The van der Waals surface area contributed by atoms with Crippen LogP contribution in [0.5, 0.6) is 0 Å². The van der Waals surface area contributed by atoms with E-state index in [4.69, 9.17) is 10.8 Å². The molecule has 1 aliphatic heterocycles. The van der Waals surface area contributed by atoms with Crippen LogP contribution >= 0.6 is 0 Å². The molecule has 1 rings (SSSR count). The summed E-state index contributed by atoms with van der Waals surface area (Å²) in [5.74, 6) is -1.66. The molecule has 0 radical (unpaired) electrons. The van der Waals surface area contributed by atoms with Crippen LogP contribution in [0.2, 0.25) is 0 Å². The third-order valence-corrected chi connectivity index (χ3v) is 3.19. The molecule has 7 nitrogen and oxygen atoms in total. The van der Waals surface area contributed by atoms with Crippen LogP contribution in [-0.2, 0) is 9.59 Å². The van der Waals surface area contributed by atoms with Crippen molar-refractivity contribution in [3.05, 3.63) is 0 Å². The molecule has 1 heterocycles. The number of rotatable bonds is 4. The molecule has 0 atom stereocenters. The molecule has 0 aliphatic carbocycles. The van der Waals surface area contributed by atoms with Crippen molar-refractivity contribution in [1.29, 1.82) is 0 Å². The van der Waals surface area contributed by atoms with Crippen LogP contribution in [0.4, 0.5) is 4.79 Å². The van der Waals surface area contributed by atoms with Gasteiger partial charge in [0.2, 0.25) is 5.91 Å². The Hall–Kier alpha value is -1.79. The van der Waals surface area contributed by atoms with E-state index in [-0.39, 0.29) is 18.4 Å². The molecule has 1 saturated heterocycles. The second kappa shape index (κ2) is 5.90. The molecule has 1 fully saturated rings. The molecule has 0 aromatic rings. The van der Waals surface area contributed by atoms with Crippen molar-refractivity contribution in [2.45, 2.75) is 38.6 Å². The first-order valence-corrected chi connectivity index (χ1v) is 6.29. The van der Waals surface area contributed by atoms with Crippen LogP contribution in [0.25, 0.3) is 0 Å². The van der Waals surface area contributed by atoms with Gasteiger partial charge in [0, 0.05) is 25.0 Å². The Labute approximate surface area is 112 Å². The highest BCUT2D eigenvalue weighted by atomic mass is 16.4. The van der Waals surface area contributed by atoms with E-state index in [1.807, 2.05) is 0 Å². The van der Waals surface area contributed by atoms with Gasteiger partial charge in [-0.1, -0.05) is 0 Å². The summed E-state index contributed by atoms with van der Waals surface area (Å²) < 4.78 is 0. The molecular weight excluding hydrogens is 250 g/mol. The minimum absolute atomic E-state index is 0.0599. The molecule has 0 aromatic carbocycles. The summed E-state index contributed by atoms with van der Waals surface area (Å²) >= 11 is 0. The van der Waals surface area contributed by atoms with Crippen molar-refractivity contribution < 1.29 is 19.5 Å². The molecule has 0 unspecified atom stereocenters. The van der Waals surface area contributed by atoms with Crippen molar-refractivity contribution in [3.63, 3.8) is 0 Å². The maximum absolute atomic E-state index is 12.0. The Morgan fingerprint density at radius 3 is 2.26 bits per heavy atom. The number of carboxylic acids is 1. The number of hydrogen-bond acceptors (Lipinski definition) is 3. The maximum atomic E-state index is 12.0. The number of carbonyl (C=O) groups is 3. The van der Waals surface area contributed by atoms with E-state index < -0.39 is 17.4 Å². The highest BCUT2D eigenvalue weighted by molar-refractivity contribution is 5.79. The van der Waals surface area contributed by atoms with Gasteiger partial charge in [-0.05, 0) is 26.7 Å². The zero-order chi connectivity index (χ0) is 14.6. The Morgan fingerprint density at radius 2 is 1.84 bits per heavy atom. The van der Waals surface area contributed by atoms with Crippen LogP contribution in [0.15, 0.2) is 0 Å². The highest BCUT2D eigenvalue weighted by Crippen LogP contribution is 2.18. The number of nitrogens with zero attached hydrogens (tertiary/aromatic N) is 1. The lowest BCUT2D eigenvalue weighted by Crippen LogP contribution is -2.53. The monoisotopic (exact) mass is 271 g/mol. The number of hydrogen-bond donors (Lipinski definition) is 3. The number of primary amides is 1. The highest BCUT2D eigenvalue weighted by Gasteiger charge is 2.30. The average molecular weight is 271 g/mol. The lowest BCUT2D eigenvalue weighted by molar-refractivity contribution is -0.143. The zero-order valence-corrected chi connectivity index (χ0v) is 11.3. The van der Waals surface area contributed by atoms with Gasteiger partial charge in [-0.25, -0.2) is 4.79 Å². The molecule has 0 spiro atoms. The normalized spacial score (nSPS) is 17.1. The molecule has 19 heavy (non-hydrogen) atoms. The second-order valence-electron chi connectivity index (χ2n) is 5.56. The Balaban J connectivity index is 2.47. The van der Waals surface area contributed by atoms with E-state index in [0.717, 1.165) is 0 Å². The number of carboxylic acid groups (broad SMARTS) is 1. The van der Waals surface area contributed by atoms with Crippen molar-refractivity contribution >= 4 is 17.9 Å². The van der Waals surface area contributed by atoms with E-state index in [2.05, 4.69) is 5.32 Å². The molecule has 0 aromatic heterocycles. The van der Waals surface area contributed by atoms with Gasteiger partial charge < -0.3 is 21.1 Å². The summed E-state index contributed by atoms with van der Waals surface area (Å²) in [6.45, 7) is 4.27. The fraction of sp³-hybridized carbons (Fsp3) is 0.750. The number of carbonyl (C=O) groups excluding carboxylic acids is 2. The first kappa shape index (κ1) is 15.3. The molecule has 0 bridgehead atoms. The summed E-state index contributed by atoms with van der Waals surface area (Å²) in [5.41, 5.74) is 4.41. The summed E-state index contributed by atoms with van der Waals surface area (Å²) in [5, 5.41) is 11.6. The summed E-state index contributed by atoms with van der Waals surface area (Å²) in [6, 6.07) is -0.282. The van der Waals surface area contributed by atoms with Gasteiger partial charge in [0.1, 0.15) is 0 Å². The van der Waals surface area contributed by atoms with Gasteiger partial charge >= 0.3 is 12.0 Å². The smallest absolute Gasteiger partial charge is 0.317 e. The number of amides is 3. The van der Waals surface area contributed by atoms with Gasteiger partial charge in [-0.2, -0.15) is 0 Å². The molecule has 108 valence electrons. The fourth-order valence-electron chi connectivity index (χ4n) is 2.18. The minimum Gasteiger partial charge on any atom is -0.481 e. The first-order valence-electron chi connectivity index (χ1n) is 6.29. The molecule has 1 aliphatic rings. The maximum Gasteiger partial charge on any atom is 0.317 e. The lowest BCUT2D eigenvalue weighted by atomic mass is 9.97. The Bertz CT molecular complexity index is 373. The van der Waals surface area contributed by atoms with Gasteiger partial charge in [0.15, 0.2) is 0 Å². The van der Waals surface area contributed by atoms with E-state index in [0.29, 0.717) is 25.9 Å². The average Bonchev–Trinajstić information content (AvgIpc) is 2.26. The predicted octanol–water partition coefficient (Wildman–Crippen LogP) is 0.147. The SMILES string of the molecule is CC(C)(CC(N)=O)NC(=O)N1CCC(C(=O)O)CC1. The third kappa shape index (κ3) is 4.76. The van der Waals surface area contributed by atoms with Gasteiger partial charge in [-0.15, -0.1) is 0 Å². The molecule has 3 amide bonds. The van der Waals surface area contributed by atoms with Crippen molar-refractivity contribution in [1.82, 2.24) is 10.2 Å². The molecular formula is C12H21N3O4. The third-order valence-electron chi connectivity index (χ3n) is 3.19. The van der Waals surface area contributed by atoms with E-state index in [1.165, 1.54) is 0 Å². The number of nitrogens with one attached hydrogen (secondary N) is 1. The summed E-state index contributed by atoms with van der Waals surface area (Å²) in [4.78, 5) is 35.3. The van der Waals surface area contributed by atoms with Gasteiger partial charge in [0.25, 0.3) is 0 Å². The second-order valence-corrected chi connectivity index (χ2v) is 5.56. The number of likely N-dealkylation sites (tertiary alicyclic amines) is 1. The van der Waals surface area contributed by atoms with Crippen LogP contribution < -0.4 is 11.1 Å². The van der Waals surface area contributed by atoms with Crippen LogP contribution in [0.3, 0.4) is 0 Å². The van der Waals surface area contributed by atoms with E-state index in [1.54, 1.807) is 18.7 Å².